The Balaban J connectivity index is 2.31. The van der Waals surface area contributed by atoms with Gasteiger partial charge in [0.15, 0.2) is 0 Å². The fourth-order valence-electron chi connectivity index (χ4n) is 2.04. The van der Waals surface area contributed by atoms with E-state index < -0.39 is 0 Å². The molecule has 2 aromatic carbocycles. The van der Waals surface area contributed by atoms with Crippen molar-refractivity contribution in [3.8, 4) is 11.1 Å². The van der Waals surface area contributed by atoms with E-state index in [0.717, 1.165) is 17.8 Å². The van der Waals surface area contributed by atoms with Crippen LogP contribution in [0, 0.1) is 0 Å². The quantitative estimate of drug-likeness (QED) is 0.797. The molecule has 0 amide bonds. The van der Waals surface area contributed by atoms with Crippen LogP contribution in [-0.4, -0.2) is 0 Å². The Morgan fingerprint density at radius 1 is 0.889 bits per heavy atom. The molecule has 18 heavy (non-hydrogen) atoms. The van der Waals surface area contributed by atoms with Gasteiger partial charge in [-0.15, -0.1) is 0 Å². The summed E-state index contributed by atoms with van der Waals surface area (Å²) in [5, 5.41) is 0. The first kappa shape index (κ1) is 12.5. The lowest BCUT2D eigenvalue weighted by Crippen LogP contribution is -1.95. The third-order valence-electron chi connectivity index (χ3n) is 3.19. The third-order valence-corrected chi connectivity index (χ3v) is 3.19. The van der Waals surface area contributed by atoms with Crippen molar-refractivity contribution in [3.05, 3.63) is 48.0 Å². The average Bonchev–Trinajstić information content (AvgIpc) is 2.39. The van der Waals surface area contributed by atoms with Crippen LogP contribution < -0.4 is 11.5 Å². The van der Waals surface area contributed by atoms with Gasteiger partial charge in [-0.2, -0.15) is 0 Å². The second kappa shape index (κ2) is 5.58. The summed E-state index contributed by atoms with van der Waals surface area (Å²) in [6.07, 6.45) is 3.41. The molecule has 2 rings (SSSR count). The summed E-state index contributed by atoms with van der Waals surface area (Å²) in [4.78, 5) is 0. The molecule has 94 valence electrons. The maximum absolute atomic E-state index is 6.01. The number of anilines is 2. The van der Waals surface area contributed by atoms with Crippen molar-refractivity contribution < 1.29 is 0 Å². The van der Waals surface area contributed by atoms with Crippen LogP contribution in [0.15, 0.2) is 42.5 Å². The van der Waals surface area contributed by atoms with Gasteiger partial charge in [-0.05, 0) is 53.8 Å². The van der Waals surface area contributed by atoms with Gasteiger partial charge < -0.3 is 11.5 Å². The van der Waals surface area contributed by atoms with Gasteiger partial charge in [-0.25, -0.2) is 0 Å². The number of hydrogen-bond acceptors (Lipinski definition) is 2. The first-order chi connectivity index (χ1) is 8.70. The Morgan fingerprint density at radius 3 is 2.22 bits per heavy atom. The SMILES string of the molecule is CCCCc1cc(-c2ccc(N)cc2)ccc1N. The van der Waals surface area contributed by atoms with E-state index in [1.165, 1.54) is 29.5 Å². The fourth-order valence-corrected chi connectivity index (χ4v) is 2.04. The van der Waals surface area contributed by atoms with E-state index in [4.69, 9.17) is 11.5 Å². The summed E-state index contributed by atoms with van der Waals surface area (Å²) in [5.74, 6) is 0. The van der Waals surface area contributed by atoms with E-state index >= 15 is 0 Å². The summed E-state index contributed by atoms with van der Waals surface area (Å²) < 4.78 is 0. The van der Waals surface area contributed by atoms with Gasteiger partial charge in [0.1, 0.15) is 0 Å². The molecule has 4 N–H and O–H groups in total. The van der Waals surface area contributed by atoms with Crippen LogP contribution in [0.3, 0.4) is 0 Å². The molecule has 0 radical (unpaired) electrons. The van der Waals surface area contributed by atoms with E-state index in [9.17, 15) is 0 Å². The number of benzene rings is 2. The molecule has 2 nitrogen and oxygen atoms in total. The molecule has 2 heteroatoms. The normalized spacial score (nSPS) is 10.5. The van der Waals surface area contributed by atoms with E-state index in [-0.39, 0.29) is 0 Å². The summed E-state index contributed by atoms with van der Waals surface area (Å²) in [6, 6.07) is 14.2. The molecule has 0 aliphatic carbocycles. The van der Waals surface area contributed by atoms with Crippen molar-refractivity contribution in [2.24, 2.45) is 0 Å². The van der Waals surface area contributed by atoms with Gasteiger partial charge in [0.05, 0.1) is 0 Å². The number of hydrogen-bond donors (Lipinski definition) is 2. The van der Waals surface area contributed by atoms with Gasteiger partial charge in [0.25, 0.3) is 0 Å². The van der Waals surface area contributed by atoms with Crippen molar-refractivity contribution in [2.45, 2.75) is 26.2 Å². The predicted molar refractivity (Wildman–Crippen MR) is 79.3 cm³/mol. The van der Waals surface area contributed by atoms with Crippen molar-refractivity contribution in [3.63, 3.8) is 0 Å². The highest BCUT2D eigenvalue weighted by atomic mass is 14.6. The van der Waals surface area contributed by atoms with Crippen LogP contribution >= 0.6 is 0 Å². The van der Waals surface area contributed by atoms with Gasteiger partial charge in [0, 0.05) is 11.4 Å². The number of rotatable bonds is 4. The number of nitrogens with two attached hydrogens (primary N) is 2. The highest BCUT2D eigenvalue weighted by Crippen LogP contribution is 2.25. The highest BCUT2D eigenvalue weighted by molar-refractivity contribution is 5.69. The van der Waals surface area contributed by atoms with Crippen LogP contribution in [-0.2, 0) is 6.42 Å². The molecule has 0 aromatic heterocycles. The smallest absolute Gasteiger partial charge is 0.0346 e. The average molecular weight is 240 g/mol. The Hall–Kier alpha value is -1.96. The predicted octanol–water partition coefficient (Wildman–Crippen LogP) is 3.86. The van der Waals surface area contributed by atoms with Crippen molar-refractivity contribution >= 4 is 11.4 Å². The van der Waals surface area contributed by atoms with Crippen LogP contribution in [0.1, 0.15) is 25.3 Å². The summed E-state index contributed by atoms with van der Waals surface area (Å²) in [6.45, 7) is 2.19. The monoisotopic (exact) mass is 240 g/mol. The van der Waals surface area contributed by atoms with Crippen molar-refractivity contribution in [2.75, 3.05) is 11.5 Å². The molecule has 0 fully saturated rings. The summed E-state index contributed by atoms with van der Waals surface area (Å²) in [5.41, 5.74) is 17.0. The molecule has 0 heterocycles. The van der Waals surface area contributed by atoms with E-state index in [1.54, 1.807) is 0 Å². The van der Waals surface area contributed by atoms with E-state index in [1.807, 2.05) is 30.3 Å². The molecule has 0 spiro atoms. The highest BCUT2D eigenvalue weighted by Gasteiger charge is 2.03. The standard InChI is InChI=1S/C16H20N2/c1-2-3-4-14-11-13(7-10-16(14)18)12-5-8-15(17)9-6-12/h5-11H,2-4,17-18H2,1H3. The lowest BCUT2D eigenvalue weighted by molar-refractivity contribution is 0.797. The Bertz CT molecular complexity index is 515. The van der Waals surface area contributed by atoms with Crippen LogP contribution in [0.25, 0.3) is 11.1 Å². The lowest BCUT2D eigenvalue weighted by Gasteiger charge is -2.09. The zero-order valence-corrected chi connectivity index (χ0v) is 10.8. The number of nitrogen functional groups attached to an aromatic ring is 2. The Morgan fingerprint density at radius 2 is 1.56 bits per heavy atom. The maximum Gasteiger partial charge on any atom is 0.0346 e. The van der Waals surface area contributed by atoms with Gasteiger partial charge in [-0.1, -0.05) is 31.5 Å². The zero-order valence-electron chi connectivity index (χ0n) is 10.8. The fraction of sp³-hybridized carbons (Fsp3) is 0.250. The maximum atomic E-state index is 6.01. The minimum absolute atomic E-state index is 0.792. The molecule has 0 bridgehead atoms. The molecule has 0 saturated carbocycles. The first-order valence-corrected chi connectivity index (χ1v) is 6.45. The molecule has 0 aliphatic rings. The third kappa shape index (κ3) is 2.83. The van der Waals surface area contributed by atoms with Crippen LogP contribution in [0.2, 0.25) is 0 Å². The van der Waals surface area contributed by atoms with Gasteiger partial charge in [-0.3, -0.25) is 0 Å². The Kier molecular flexibility index (Phi) is 3.88. The molecule has 0 aliphatic heterocycles. The molecule has 0 unspecified atom stereocenters. The zero-order chi connectivity index (χ0) is 13.0. The molecule has 0 saturated heterocycles. The van der Waals surface area contributed by atoms with Gasteiger partial charge >= 0.3 is 0 Å². The van der Waals surface area contributed by atoms with E-state index in [0.29, 0.717) is 0 Å². The second-order valence-electron chi connectivity index (χ2n) is 4.64. The lowest BCUT2D eigenvalue weighted by atomic mass is 9.99. The molecular formula is C16H20N2. The number of unbranched alkanes of at least 4 members (excludes halogenated alkanes) is 1. The van der Waals surface area contributed by atoms with E-state index in [2.05, 4.69) is 19.1 Å². The molecular weight excluding hydrogens is 220 g/mol. The Labute approximate surface area is 109 Å². The summed E-state index contributed by atoms with van der Waals surface area (Å²) >= 11 is 0. The number of aryl methyl sites for hydroxylation is 1. The minimum atomic E-state index is 0.792. The first-order valence-electron chi connectivity index (χ1n) is 6.45. The van der Waals surface area contributed by atoms with Gasteiger partial charge in [0.2, 0.25) is 0 Å². The largest absolute Gasteiger partial charge is 0.399 e. The van der Waals surface area contributed by atoms with Crippen LogP contribution in [0.5, 0.6) is 0 Å². The van der Waals surface area contributed by atoms with Crippen molar-refractivity contribution in [1.82, 2.24) is 0 Å². The van der Waals surface area contributed by atoms with Crippen molar-refractivity contribution in [1.29, 1.82) is 0 Å². The topological polar surface area (TPSA) is 52.0 Å². The minimum Gasteiger partial charge on any atom is -0.399 e. The molecule has 2 aromatic rings. The second-order valence-corrected chi connectivity index (χ2v) is 4.64. The molecule has 0 atom stereocenters. The van der Waals surface area contributed by atoms with Crippen LogP contribution in [0.4, 0.5) is 11.4 Å². The summed E-state index contributed by atoms with van der Waals surface area (Å²) in [7, 11) is 0.